The number of urea groups is 1. The van der Waals surface area contributed by atoms with Gasteiger partial charge >= 0.3 is 6.03 Å². The van der Waals surface area contributed by atoms with Crippen LogP contribution in [-0.2, 0) is 6.54 Å². The van der Waals surface area contributed by atoms with Gasteiger partial charge < -0.3 is 14.8 Å². The van der Waals surface area contributed by atoms with Gasteiger partial charge in [-0.1, -0.05) is 30.3 Å². The summed E-state index contributed by atoms with van der Waals surface area (Å²) in [6, 6.07) is 24.0. The van der Waals surface area contributed by atoms with Crippen molar-refractivity contribution in [2.24, 2.45) is 0 Å². The summed E-state index contributed by atoms with van der Waals surface area (Å²) >= 11 is 1.64. The molecule has 0 saturated heterocycles. The van der Waals surface area contributed by atoms with E-state index >= 15 is 0 Å². The second kappa shape index (κ2) is 10.1. The number of para-hydroxylation sites is 1. The quantitative estimate of drug-likeness (QED) is 0.247. The molecule has 2 amide bonds. The fourth-order valence-electron chi connectivity index (χ4n) is 5.06. The summed E-state index contributed by atoms with van der Waals surface area (Å²) in [7, 11) is 0. The number of benzene rings is 3. The molecule has 5 aromatic rings. The Bertz CT molecular complexity index is 1660. The first-order valence-corrected chi connectivity index (χ1v) is 13.6. The first-order chi connectivity index (χ1) is 18.9. The van der Waals surface area contributed by atoms with Crippen molar-refractivity contribution in [3.05, 3.63) is 125 Å². The molecule has 6 nitrogen and oxygen atoms in total. The Morgan fingerprint density at radius 2 is 1.77 bits per heavy atom. The number of aromatic nitrogens is 3. The van der Waals surface area contributed by atoms with E-state index in [1.807, 2.05) is 90.8 Å². The van der Waals surface area contributed by atoms with Crippen molar-refractivity contribution in [3.63, 3.8) is 0 Å². The van der Waals surface area contributed by atoms with E-state index in [-0.39, 0.29) is 12.2 Å². The van der Waals surface area contributed by atoms with Gasteiger partial charge in [0.2, 0.25) is 0 Å². The average Bonchev–Trinajstić information content (AvgIpc) is 3.51. The minimum absolute atomic E-state index is 0.0885. The van der Waals surface area contributed by atoms with Gasteiger partial charge in [-0.3, -0.25) is 0 Å². The fourth-order valence-corrected chi connectivity index (χ4v) is 5.47. The molecule has 1 aliphatic rings. The monoisotopic (exact) mass is 541 g/mol. The summed E-state index contributed by atoms with van der Waals surface area (Å²) < 4.78 is 32.1. The Morgan fingerprint density at radius 3 is 2.49 bits per heavy atom. The highest BCUT2D eigenvalue weighted by Crippen LogP contribution is 2.39. The van der Waals surface area contributed by atoms with Crippen molar-refractivity contribution >= 4 is 23.5 Å². The molecule has 0 bridgehead atoms. The molecule has 0 radical (unpaired) electrons. The van der Waals surface area contributed by atoms with Crippen LogP contribution < -0.4 is 5.32 Å². The summed E-state index contributed by atoms with van der Waals surface area (Å²) in [6.45, 7) is 2.14. The van der Waals surface area contributed by atoms with Gasteiger partial charge in [0.15, 0.2) is 0 Å². The summed E-state index contributed by atoms with van der Waals surface area (Å²) in [5.74, 6) is -0.706. The third-order valence-electron chi connectivity index (χ3n) is 6.95. The molecule has 9 heteroatoms. The highest BCUT2D eigenvalue weighted by atomic mass is 32.2. The Hall–Kier alpha value is -4.37. The predicted octanol–water partition coefficient (Wildman–Crippen LogP) is 7.11. The molecule has 196 valence electrons. The van der Waals surface area contributed by atoms with Crippen molar-refractivity contribution in [1.29, 1.82) is 0 Å². The molecule has 6 rings (SSSR count). The van der Waals surface area contributed by atoms with Crippen LogP contribution in [0.15, 0.2) is 96.0 Å². The van der Waals surface area contributed by atoms with Crippen LogP contribution in [0.5, 0.6) is 0 Å². The van der Waals surface area contributed by atoms with Crippen LogP contribution in [0.2, 0.25) is 0 Å². The SMILES string of the molecule is CSc1ccc(C2c3cccn3-c3c(c(C)nn3-c3ccccc3)CN2C(=O)Nc2ccc(F)cc2F)cc1. The minimum Gasteiger partial charge on any atom is -0.307 e. The summed E-state index contributed by atoms with van der Waals surface area (Å²) in [4.78, 5) is 16.7. The lowest BCUT2D eigenvalue weighted by Crippen LogP contribution is -2.38. The highest BCUT2D eigenvalue weighted by Gasteiger charge is 2.36. The molecular formula is C30H25F2N5OS. The van der Waals surface area contributed by atoms with Crippen LogP contribution in [0.3, 0.4) is 0 Å². The van der Waals surface area contributed by atoms with Gasteiger partial charge in [0.05, 0.1) is 35.3 Å². The van der Waals surface area contributed by atoms with Gasteiger partial charge in [-0.2, -0.15) is 5.10 Å². The molecule has 1 unspecified atom stereocenters. The van der Waals surface area contributed by atoms with Gasteiger partial charge in [-0.15, -0.1) is 11.8 Å². The number of nitrogens with one attached hydrogen (secondary N) is 1. The first-order valence-electron chi connectivity index (χ1n) is 12.4. The van der Waals surface area contributed by atoms with Gasteiger partial charge in [-0.05, 0) is 67.3 Å². The zero-order valence-corrected chi connectivity index (χ0v) is 22.1. The Morgan fingerprint density at radius 1 is 1.00 bits per heavy atom. The topological polar surface area (TPSA) is 55.1 Å². The van der Waals surface area contributed by atoms with Gasteiger partial charge in [-0.25, -0.2) is 18.3 Å². The van der Waals surface area contributed by atoms with E-state index in [1.54, 1.807) is 16.7 Å². The van der Waals surface area contributed by atoms with E-state index in [0.717, 1.165) is 51.0 Å². The molecule has 1 N–H and O–H groups in total. The first kappa shape index (κ1) is 24.9. The number of carbonyl (C=O) groups is 1. The molecule has 3 heterocycles. The number of amides is 2. The average molecular weight is 542 g/mol. The summed E-state index contributed by atoms with van der Waals surface area (Å²) in [6.07, 6.45) is 3.98. The molecular weight excluding hydrogens is 516 g/mol. The molecule has 39 heavy (non-hydrogen) atoms. The van der Waals surface area contributed by atoms with E-state index in [0.29, 0.717) is 0 Å². The largest absolute Gasteiger partial charge is 0.323 e. The van der Waals surface area contributed by atoms with Crippen molar-refractivity contribution < 1.29 is 13.6 Å². The van der Waals surface area contributed by atoms with Crippen molar-refractivity contribution in [2.45, 2.75) is 24.4 Å². The van der Waals surface area contributed by atoms with Gasteiger partial charge in [0.25, 0.3) is 0 Å². The Kier molecular flexibility index (Phi) is 6.44. The van der Waals surface area contributed by atoms with Crippen molar-refractivity contribution in [3.8, 4) is 11.5 Å². The maximum Gasteiger partial charge on any atom is 0.323 e. The maximum atomic E-state index is 14.6. The predicted molar refractivity (Wildman–Crippen MR) is 149 cm³/mol. The molecule has 0 aliphatic carbocycles. The van der Waals surface area contributed by atoms with Crippen LogP contribution in [-0.4, -0.2) is 31.5 Å². The van der Waals surface area contributed by atoms with E-state index in [4.69, 9.17) is 5.10 Å². The van der Waals surface area contributed by atoms with Gasteiger partial charge in [0, 0.05) is 22.7 Å². The van der Waals surface area contributed by atoms with Crippen LogP contribution in [0.4, 0.5) is 19.3 Å². The fraction of sp³-hybridized carbons (Fsp3) is 0.133. The Labute approximate surface area is 228 Å². The second-order valence-corrected chi connectivity index (χ2v) is 10.2. The molecule has 0 fully saturated rings. The van der Waals surface area contributed by atoms with E-state index in [1.165, 1.54) is 6.07 Å². The lowest BCUT2D eigenvalue weighted by molar-refractivity contribution is 0.194. The number of anilines is 1. The number of halogens is 2. The third kappa shape index (κ3) is 4.48. The molecule has 1 aliphatic heterocycles. The smallest absolute Gasteiger partial charge is 0.307 e. The zero-order valence-electron chi connectivity index (χ0n) is 21.3. The lowest BCUT2D eigenvalue weighted by atomic mass is 10.0. The van der Waals surface area contributed by atoms with Crippen LogP contribution in [0.25, 0.3) is 11.5 Å². The van der Waals surface area contributed by atoms with Crippen molar-refractivity contribution in [2.75, 3.05) is 11.6 Å². The number of rotatable bonds is 4. The molecule has 3 aromatic carbocycles. The molecule has 2 aromatic heterocycles. The van der Waals surface area contributed by atoms with Gasteiger partial charge in [0.1, 0.15) is 17.5 Å². The number of carbonyl (C=O) groups excluding carboxylic acids is 1. The highest BCUT2D eigenvalue weighted by molar-refractivity contribution is 7.98. The van der Waals surface area contributed by atoms with Crippen LogP contribution in [0.1, 0.15) is 28.6 Å². The number of aryl methyl sites for hydroxylation is 1. The summed E-state index contributed by atoms with van der Waals surface area (Å²) in [5.41, 5.74) is 4.22. The van der Waals surface area contributed by atoms with Crippen molar-refractivity contribution in [1.82, 2.24) is 19.2 Å². The van der Waals surface area contributed by atoms with Crippen LogP contribution in [0, 0.1) is 18.6 Å². The maximum absolute atomic E-state index is 14.6. The number of thioether (sulfide) groups is 1. The standard InChI is InChI=1S/C30H25F2N5OS/c1-19-24-18-36(30(38)33-26-15-12-21(31)17-25(26)32)28(20-10-13-23(39-2)14-11-20)27-9-6-16-35(27)29(24)37(34-19)22-7-4-3-5-8-22/h3-17,28H,18H2,1-2H3,(H,33,38). The number of hydrogen-bond donors (Lipinski definition) is 1. The van der Waals surface area contributed by atoms with E-state index in [9.17, 15) is 13.6 Å². The molecule has 1 atom stereocenters. The summed E-state index contributed by atoms with van der Waals surface area (Å²) in [5, 5.41) is 7.51. The number of nitrogens with zero attached hydrogens (tertiary/aromatic N) is 4. The van der Waals surface area contributed by atoms with E-state index < -0.39 is 23.7 Å². The van der Waals surface area contributed by atoms with E-state index in [2.05, 4.69) is 9.88 Å². The zero-order chi connectivity index (χ0) is 27.1. The second-order valence-electron chi connectivity index (χ2n) is 9.30. The molecule has 0 spiro atoms. The third-order valence-corrected chi connectivity index (χ3v) is 7.70. The normalized spacial score (nSPS) is 14.5. The minimum atomic E-state index is -0.837. The molecule has 0 saturated carbocycles. The number of fused-ring (bicyclic) bond motifs is 3. The lowest BCUT2D eigenvalue weighted by Gasteiger charge is -2.31. The Balaban J connectivity index is 1.52. The number of hydrogen-bond acceptors (Lipinski definition) is 3. The van der Waals surface area contributed by atoms with Crippen LogP contribution >= 0.6 is 11.8 Å².